The van der Waals surface area contributed by atoms with Crippen molar-refractivity contribution in [3.05, 3.63) is 47.6 Å². The summed E-state index contributed by atoms with van der Waals surface area (Å²) in [6.07, 6.45) is 1.48. The molecule has 2 N–H and O–H groups in total. The van der Waals surface area contributed by atoms with E-state index in [0.717, 1.165) is 6.54 Å². The maximum atomic E-state index is 12.2. The third-order valence-corrected chi connectivity index (χ3v) is 4.43. The van der Waals surface area contributed by atoms with Gasteiger partial charge < -0.3 is 5.32 Å². The largest absolute Gasteiger partial charge is 0.370 e. The van der Waals surface area contributed by atoms with Crippen LogP contribution < -0.4 is 10.0 Å². The molecule has 1 heterocycles. The van der Waals surface area contributed by atoms with Gasteiger partial charge in [-0.3, -0.25) is 4.72 Å². The van der Waals surface area contributed by atoms with E-state index in [2.05, 4.69) is 28.9 Å². The highest BCUT2D eigenvalue weighted by Gasteiger charge is 2.14. The molecule has 118 valence electrons. The number of halogens is 1. The molecule has 0 bridgehead atoms. The third kappa shape index (κ3) is 4.61. The molecule has 2 rings (SSSR count). The van der Waals surface area contributed by atoms with Crippen LogP contribution in [0.25, 0.3) is 0 Å². The van der Waals surface area contributed by atoms with Gasteiger partial charge >= 0.3 is 0 Å². The molecule has 0 atom stereocenters. The van der Waals surface area contributed by atoms with E-state index in [1.54, 1.807) is 24.3 Å². The van der Waals surface area contributed by atoms with Gasteiger partial charge in [0.25, 0.3) is 10.0 Å². The predicted molar refractivity (Wildman–Crippen MR) is 89.8 cm³/mol. The first-order chi connectivity index (χ1) is 10.4. The standard InChI is InChI=1S/C15H18ClN3O2S/c1-11(2)9-17-15-7-6-13(10-18-15)19-22(20,21)14-5-3-4-12(16)8-14/h3-8,10-11,19H,9H2,1-2H3,(H,17,18). The van der Waals surface area contributed by atoms with Crippen molar-refractivity contribution in [1.82, 2.24) is 4.98 Å². The number of nitrogens with one attached hydrogen (secondary N) is 2. The summed E-state index contributed by atoms with van der Waals surface area (Å²) in [6, 6.07) is 9.50. The Morgan fingerprint density at radius 1 is 1.23 bits per heavy atom. The van der Waals surface area contributed by atoms with E-state index in [9.17, 15) is 8.42 Å². The zero-order valence-electron chi connectivity index (χ0n) is 12.4. The van der Waals surface area contributed by atoms with Gasteiger partial charge in [-0.1, -0.05) is 31.5 Å². The molecule has 2 aromatic rings. The number of sulfonamides is 1. The van der Waals surface area contributed by atoms with E-state index in [4.69, 9.17) is 11.6 Å². The molecule has 0 aliphatic heterocycles. The fourth-order valence-electron chi connectivity index (χ4n) is 1.72. The second kappa shape index (κ2) is 6.98. The number of anilines is 2. The number of nitrogens with zero attached hydrogens (tertiary/aromatic N) is 1. The fourth-order valence-corrected chi connectivity index (χ4v) is 3.06. The van der Waals surface area contributed by atoms with Crippen LogP contribution in [-0.4, -0.2) is 19.9 Å². The quantitative estimate of drug-likeness (QED) is 0.843. The number of rotatable bonds is 6. The lowest BCUT2D eigenvalue weighted by molar-refractivity contribution is 0.601. The first-order valence-electron chi connectivity index (χ1n) is 6.85. The van der Waals surface area contributed by atoms with Crippen LogP contribution in [0.5, 0.6) is 0 Å². The Bertz CT molecular complexity index is 731. The molecule has 0 aliphatic carbocycles. The minimum atomic E-state index is -3.67. The maximum Gasteiger partial charge on any atom is 0.261 e. The van der Waals surface area contributed by atoms with E-state index in [1.165, 1.54) is 18.3 Å². The van der Waals surface area contributed by atoms with Gasteiger partial charge in [0.1, 0.15) is 5.82 Å². The summed E-state index contributed by atoms with van der Waals surface area (Å²) < 4.78 is 27.0. The molecule has 0 amide bonds. The summed E-state index contributed by atoms with van der Waals surface area (Å²) >= 11 is 5.82. The average Bonchev–Trinajstić information content (AvgIpc) is 2.46. The van der Waals surface area contributed by atoms with Crippen LogP contribution >= 0.6 is 11.6 Å². The zero-order chi connectivity index (χ0) is 16.2. The number of aromatic nitrogens is 1. The Labute approximate surface area is 135 Å². The normalized spacial score (nSPS) is 11.5. The highest BCUT2D eigenvalue weighted by Crippen LogP contribution is 2.19. The number of hydrogen-bond acceptors (Lipinski definition) is 4. The zero-order valence-corrected chi connectivity index (χ0v) is 13.9. The van der Waals surface area contributed by atoms with Crippen LogP contribution in [0.3, 0.4) is 0 Å². The van der Waals surface area contributed by atoms with Crippen molar-refractivity contribution in [2.45, 2.75) is 18.7 Å². The Balaban J connectivity index is 2.10. The molecule has 5 nitrogen and oxygen atoms in total. The highest BCUT2D eigenvalue weighted by molar-refractivity contribution is 7.92. The van der Waals surface area contributed by atoms with Gasteiger partial charge in [-0.25, -0.2) is 13.4 Å². The second-order valence-electron chi connectivity index (χ2n) is 5.27. The van der Waals surface area contributed by atoms with Crippen LogP contribution in [0.15, 0.2) is 47.5 Å². The lowest BCUT2D eigenvalue weighted by Gasteiger charge is -2.10. The Morgan fingerprint density at radius 3 is 2.59 bits per heavy atom. The molecule has 1 aromatic carbocycles. The van der Waals surface area contributed by atoms with Crippen molar-refractivity contribution in [1.29, 1.82) is 0 Å². The van der Waals surface area contributed by atoms with Crippen molar-refractivity contribution in [3.63, 3.8) is 0 Å². The van der Waals surface area contributed by atoms with Crippen molar-refractivity contribution >= 4 is 33.1 Å². The van der Waals surface area contributed by atoms with Crippen molar-refractivity contribution < 1.29 is 8.42 Å². The lowest BCUT2D eigenvalue weighted by atomic mass is 10.2. The van der Waals surface area contributed by atoms with Crippen molar-refractivity contribution in [2.75, 3.05) is 16.6 Å². The van der Waals surface area contributed by atoms with E-state index in [1.807, 2.05) is 0 Å². The predicted octanol–water partition coefficient (Wildman–Crippen LogP) is 3.60. The van der Waals surface area contributed by atoms with Gasteiger partial charge in [-0.05, 0) is 36.2 Å². The maximum absolute atomic E-state index is 12.2. The third-order valence-electron chi connectivity index (χ3n) is 2.81. The van der Waals surface area contributed by atoms with Crippen LogP contribution in [0.2, 0.25) is 5.02 Å². The van der Waals surface area contributed by atoms with Crippen molar-refractivity contribution in [3.8, 4) is 0 Å². The summed E-state index contributed by atoms with van der Waals surface area (Å²) in [7, 11) is -3.67. The Morgan fingerprint density at radius 2 is 2.00 bits per heavy atom. The molecule has 0 radical (unpaired) electrons. The number of benzene rings is 1. The molecule has 0 unspecified atom stereocenters. The molecule has 7 heteroatoms. The molecule has 0 saturated heterocycles. The summed E-state index contributed by atoms with van der Waals surface area (Å²) in [6.45, 7) is 5.00. The van der Waals surface area contributed by atoms with Gasteiger partial charge in [0, 0.05) is 11.6 Å². The minimum Gasteiger partial charge on any atom is -0.370 e. The number of hydrogen-bond donors (Lipinski definition) is 2. The van der Waals surface area contributed by atoms with E-state index >= 15 is 0 Å². The van der Waals surface area contributed by atoms with Crippen molar-refractivity contribution in [2.24, 2.45) is 5.92 Å². The summed E-state index contributed by atoms with van der Waals surface area (Å²) in [5.41, 5.74) is 0.398. The fraction of sp³-hybridized carbons (Fsp3) is 0.267. The highest BCUT2D eigenvalue weighted by atomic mass is 35.5. The summed E-state index contributed by atoms with van der Waals surface area (Å²) in [5, 5.41) is 3.54. The molecule has 0 spiro atoms. The topological polar surface area (TPSA) is 71.1 Å². The van der Waals surface area contributed by atoms with Gasteiger partial charge in [-0.15, -0.1) is 0 Å². The van der Waals surface area contributed by atoms with E-state index < -0.39 is 10.0 Å². The molecule has 0 saturated carbocycles. The van der Waals surface area contributed by atoms with Gasteiger partial charge in [0.15, 0.2) is 0 Å². The Kier molecular flexibility index (Phi) is 5.26. The van der Waals surface area contributed by atoms with Gasteiger partial charge in [-0.2, -0.15) is 0 Å². The number of pyridine rings is 1. The van der Waals surface area contributed by atoms with Gasteiger partial charge in [0.2, 0.25) is 0 Å². The molecular formula is C15H18ClN3O2S. The molecule has 0 aliphatic rings. The first kappa shape index (κ1) is 16.6. The Hall–Kier alpha value is -1.79. The summed E-state index contributed by atoms with van der Waals surface area (Å²) in [4.78, 5) is 4.29. The SMILES string of the molecule is CC(C)CNc1ccc(NS(=O)(=O)c2cccc(Cl)c2)cn1. The van der Waals surface area contributed by atoms with Crippen LogP contribution in [-0.2, 0) is 10.0 Å². The minimum absolute atomic E-state index is 0.113. The van der Waals surface area contributed by atoms with Gasteiger partial charge in [0.05, 0.1) is 16.8 Å². The van der Waals surface area contributed by atoms with E-state index in [0.29, 0.717) is 22.4 Å². The molecule has 0 fully saturated rings. The smallest absolute Gasteiger partial charge is 0.261 e. The average molecular weight is 340 g/mol. The monoisotopic (exact) mass is 339 g/mol. The van der Waals surface area contributed by atoms with Crippen LogP contribution in [0.1, 0.15) is 13.8 Å². The second-order valence-corrected chi connectivity index (χ2v) is 7.39. The lowest BCUT2D eigenvalue weighted by Crippen LogP contribution is -2.13. The summed E-state index contributed by atoms with van der Waals surface area (Å²) in [5.74, 6) is 1.21. The first-order valence-corrected chi connectivity index (χ1v) is 8.71. The van der Waals surface area contributed by atoms with Crippen LogP contribution in [0, 0.1) is 5.92 Å². The molecule has 22 heavy (non-hydrogen) atoms. The van der Waals surface area contributed by atoms with E-state index in [-0.39, 0.29) is 4.90 Å². The molecular weight excluding hydrogens is 322 g/mol. The molecule has 1 aromatic heterocycles. The van der Waals surface area contributed by atoms with Crippen LogP contribution in [0.4, 0.5) is 11.5 Å².